The summed E-state index contributed by atoms with van der Waals surface area (Å²) < 4.78 is 8.91. The summed E-state index contributed by atoms with van der Waals surface area (Å²) in [7, 11) is 0. The average Bonchev–Trinajstić information content (AvgIpc) is 3.88. The van der Waals surface area contributed by atoms with Crippen LogP contribution in [0.5, 0.6) is 0 Å². The number of hydrogen-bond acceptors (Lipinski definition) is 4. The van der Waals surface area contributed by atoms with Crippen LogP contribution in [0.4, 0.5) is 0 Å². The van der Waals surface area contributed by atoms with Gasteiger partial charge in [0, 0.05) is 38.4 Å². The molecule has 0 fully saturated rings. The van der Waals surface area contributed by atoms with Gasteiger partial charge >= 0.3 is 0 Å². The Hall–Kier alpha value is -8.28. The molecule has 0 saturated heterocycles. The van der Waals surface area contributed by atoms with Crippen LogP contribution in [0.2, 0.25) is 0 Å². The Bertz CT molecular complexity index is 3850. The van der Waals surface area contributed by atoms with Gasteiger partial charge < -0.3 is 14.3 Å². The number of hydrogen-bond donors (Lipinski definition) is 1. The van der Waals surface area contributed by atoms with Gasteiger partial charge in [0.25, 0.3) is 0 Å². The molecule has 3 heterocycles. The van der Waals surface area contributed by atoms with Gasteiger partial charge in [-0.1, -0.05) is 158 Å². The van der Waals surface area contributed by atoms with Crippen LogP contribution in [0.3, 0.4) is 0 Å². The monoisotopic (exact) mass is 792 g/mol. The average molecular weight is 793 g/mol. The van der Waals surface area contributed by atoms with Gasteiger partial charge in [-0.3, -0.25) is 0 Å². The molecule has 10 aromatic carbocycles. The summed E-state index contributed by atoms with van der Waals surface area (Å²) in [6.45, 7) is 0. The quantitative estimate of drug-likeness (QED) is 0.177. The fraction of sp³-hybridized carbons (Fsp3) is 0.0175. The van der Waals surface area contributed by atoms with Crippen LogP contribution in [-0.4, -0.2) is 16.2 Å². The maximum Gasteiger partial charge on any atom is 0.160 e. The zero-order valence-electron chi connectivity index (χ0n) is 33.5. The van der Waals surface area contributed by atoms with Crippen molar-refractivity contribution in [3.8, 4) is 16.8 Å². The number of fused-ring (bicyclic) bond motifs is 10. The Morgan fingerprint density at radius 3 is 2.00 bits per heavy atom. The predicted molar refractivity (Wildman–Crippen MR) is 258 cm³/mol. The number of aliphatic imine (C=N–C) groups is 2. The molecule has 0 aliphatic carbocycles. The summed E-state index contributed by atoms with van der Waals surface area (Å²) in [5.41, 5.74) is 10.1. The first-order valence-electron chi connectivity index (χ1n) is 21.1. The second-order valence-corrected chi connectivity index (χ2v) is 16.1. The standard InChI is InChI=1S/C57H36N4O/c1-2-15-36(16-3-1)55-58-56(45-24-12-22-41-40-19-7-6-14-35(40)28-30-42(41)45)60-57(59-55)46-31-29-39(34-48(46)44-23-13-27-53-54(44)47-21-9-11-26-52(47)62-53)61-50-25-10-8-20-43(50)49-32-37-17-4-5-18-38(37)33-51(49)61/h1-34,55H,(H,58,59,60). The lowest BCUT2D eigenvalue weighted by molar-refractivity contribution is 0.669. The van der Waals surface area contributed by atoms with E-state index in [1.165, 1.54) is 37.7 Å². The molecule has 1 unspecified atom stereocenters. The Morgan fingerprint density at radius 2 is 1.11 bits per heavy atom. The van der Waals surface area contributed by atoms with Crippen molar-refractivity contribution in [3.63, 3.8) is 0 Å². The minimum atomic E-state index is -0.377. The molecule has 5 heteroatoms. The summed E-state index contributed by atoms with van der Waals surface area (Å²) in [5, 5.41) is 15.5. The molecule has 2 aromatic heterocycles. The Kier molecular flexibility index (Phi) is 7.60. The molecule has 0 bridgehead atoms. The lowest BCUT2D eigenvalue weighted by atomic mass is 9.93. The normalized spacial score (nSPS) is 14.3. The van der Waals surface area contributed by atoms with Gasteiger partial charge in [0.05, 0.1) is 11.0 Å². The Morgan fingerprint density at radius 1 is 0.419 bits per heavy atom. The van der Waals surface area contributed by atoms with Gasteiger partial charge in [0.2, 0.25) is 0 Å². The highest BCUT2D eigenvalue weighted by molar-refractivity contribution is 6.23. The van der Waals surface area contributed by atoms with E-state index in [-0.39, 0.29) is 6.17 Å². The maximum atomic E-state index is 6.51. The number of rotatable bonds is 5. The fourth-order valence-electron chi connectivity index (χ4n) is 9.78. The van der Waals surface area contributed by atoms with Gasteiger partial charge in [-0.25, -0.2) is 9.98 Å². The van der Waals surface area contributed by atoms with E-state index < -0.39 is 0 Å². The molecule has 5 nitrogen and oxygen atoms in total. The Labute approximate surface area is 356 Å². The molecule has 0 amide bonds. The van der Waals surface area contributed by atoms with Crippen LogP contribution in [0.25, 0.3) is 92.9 Å². The zero-order chi connectivity index (χ0) is 40.7. The molecule has 12 aromatic rings. The molecule has 0 spiro atoms. The summed E-state index contributed by atoms with van der Waals surface area (Å²) in [4.78, 5) is 11.0. The largest absolute Gasteiger partial charge is 0.456 e. The first-order chi connectivity index (χ1) is 30.7. The number of para-hydroxylation sites is 2. The van der Waals surface area contributed by atoms with Crippen LogP contribution < -0.4 is 5.32 Å². The van der Waals surface area contributed by atoms with Gasteiger partial charge in [0.1, 0.15) is 23.2 Å². The third-order valence-corrected chi connectivity index (χ3v) is 12.6. The van der Waals surface area contributed by atoms with Crippen molar-refractivity contribution in [2.75, 3.05) is 0 Å². The van der Waals surface area contributed by atoms with Gasteiger partial charge in [-0.2, -0.15) is 0 Å². The summed E-state index contributed by atoms with van der Waals surface area (Å²) in [5.74, 6) is 1.44. The molecular formula is C57H36N4O. The van der Waals surface area contributed by atoms with E-state index in [1.807, 2.05) is 18.2 Å². The van der Waals surface area contributed by atoms with Crippen LogP contribution >= 0.6 is 0 Å². The Balaban J connectivity index is 1.09. The molecule has 0 saturated carbocycles. The number of furan rings is 1. The second-order valence-electron chi connectivity index (χ2n) is 16.1. The molecule has 13 rings (SSSR count). The topological polar surface area (TPSA) is 54.8 Å². The van der Waals surface area contributed by atoms with Crippen LogP contribution in [0.1, 0.15) is 22.9 Å². The van der Waals surface area contributed by atoms with E-state index in [2.05, 4.69) is 198 Å². The third-order valence-electron chi connectivity index (χ3n) is 12.6. The van der Waals surface area contributed by atoms with Crippen LogP contribution in [0, 0.1) is 0 Å². The SMILES string of the molecule is c1ccc(C2N=C(c3ccc(-n4c5ccccc5c5cc6ccccc6cc54)cc3-c3cccc4oc5ccccc5c34)N=C(c3cccc4c3ccc3ccccc34)N2)cc1. The van der Waals surface area contributed by atoms with E-state index in [0.717, 1.165) is 77.7 Å². The van der Waals surface area contributed by atoms with Crippen molar-refractivity contribution in [2.45, 2.75) is 6.17 Å². The molecule has 290 valence electrons. The van der Waals surface area contributed by atoms with E-state index in [0.29, 0.717) is 5.84 Å². The zero-order valence-corrected chi connectivity index (χ0v) is 33.5. The highest BCUT2D eigenvalue weighted by Crippen LogP contribution is 2.42. The lowest BCUT2D eigenvalue weighted by Crippen LogP contribution is -2.33. The number of amidine groups is 2. The third kappa shape index (κ3) is 5.35. The first-order valence-corrected chi connectivity index (χ1v) is 21.1. The minimum absolute atomic E-state index is 0.377. The van der Waals surface area contributed by atoms with Gasteiger partial charge in [0.15, 0.2) is 5.84 Å². The summed E-state index contributed by atoms with van der Waals surface area (Å²) in [6.07, 6.45) is -0.377. The van der Waals surface area contributed by atoms with Gasteiger partial charge in [-0.15, -0.1) is 0 Å². The second kappa shape index (κ2) is 13.6. The molecule has 1 N–H and O–H groups in total. The van der Waals surface area contributed by atoms with Crippen LogP contribution in [0.15, 0.2) is 221 Å². The smallest absolute Gasteiger partial charge is 0.160 e. The summed E-state index contributed by atoms with van der Waals surface area (Å²) in [6, 6.07) is 73.4. The van der Waals surface area contributed by atoms with E-state index >= 15 is 0 Å². The summed E-state index contributed by atoms with van der Waals surface area (Å²) >= 11 is 0. The number of benzene rings is 10. The first kappa shape index (κ1) is 34.6. The van der Waals surface area contributed by atoms with Crippen molar-refractivity contribution >= 4 is 87.7 Å². The van der Waals surface area contributed by atoms with Crippen molar-refractivity contribution in [2.24, 2.45) is 9.98 Å². The van der Waals surface area contributed by atoms with Crippen molar-refractivity contribution in [3.05, 3.63) is 223 Å². The minimum Gasteiger partial charge on any atom is -0.456 e. The highest BCUT2D eigenvalue weighted by atomic mass is 16.3. The molecule has 1 aliphatic rings. The van der Waals surface area contributed by atoms with Crippen molar-refractivity contribution < 1.29 is 4.42 Å². The lowest BCUT2D eigenvalue weighted by Gasteiger charge is -2.25. The number of nitrogens with one attached hydrogen (secondary N) is 1. The molecule has 62 heavy (non-hydrogen) atoms. The van der Waals surface area contributed by atoms with Crippen molar-refractivity contribution in [1.82, 2.24) is 9.88 Å². The molecule has 1 aliphatic heterocycles. The van der Waals surface area contributed by atoms with E-state index in [4.69, 9.17) is 14.4 Å². The number of aromatic nitrogens is 1. The highest BCUT2D eigenvalue weighted by Gasteiger charge is 2.26. The maximum absolute atomic E-state index is 6.51. The van der Waals surface area contributed by atoms with E-state index in [9.17, 15) is 0 Å². The van der Waals surface area contributed by atoms with E-state index in [1.54, 1.807) is 0 Å². The van der Waals surface area contributed by atoms with Crippen LogP contribution in [-0.2, 0) is 0 Å². The number of nitrogens with zero attached hydrogens (tertiary/aromatic N) is 3. The molecular weight excluding hydrogens is 757 g/mol. The molecule has 1 atom stereocenters. The molecule has 0 radical (unpaired) electrons. The fourth-order valence-corrected chi connectivity index (χ4v) is 9.78. The van der Waals surface area contributed by atoms with Gasteiger partial charge in [-0.05, 0) is 97.5 Å². The predicted octanol–water partition coefficient (Wildman–Crippen LogP) is 14.3. The van der Waals surface area contributed by atoms with Crippen molar-refractivity contribution in [1.29, 1.82) is 0 Å².